The highest BCUT2D eigenvalue weighted by Gasteiger charge is 2.27. The van der Waals surface area contributed by atoms with Gasteiger partial charge in [-0.2, -0.15) is 0 Å². The highest BCUT2D eigenvalue weighted by atomic mass is 15.2. The maximum atomic E-state index is 4.36. The van der Waals surface area contributed by atoms with E-state index in [0.717, 1.165) is 44.3 Å². The van der Waals surface area contributed by atoms with E-state index in [-0.39, 0.29) is 5.54 Å². The van der Waals surface area contributed by atoms with Gasteiger partial charge in [-0.3, -0.25) is 9.89 Å². The Hall–Kier alpha value is -1.56. The lowest BCUT2D eigenvalue weighted by Gasteiger charge is -2.41. The molecule has 2 heterocycles. The summed E-state index contributed by atoms with van der Waals surface area (Å²) in [7, 11) is 1.85. The highest BCUT2D eigenvalue weighted by Crippen LogP contribution is 2.19. The van der Waals surface area contributed by atoms with Gasteiger partial charge < -0.3 is 15.2 Å². The Morgan fingerprint density at radius 3 is 2.60 bits per heavy atom. The predicted octanol–water partition coefficient (Wildman–Crippen LogP) is 2.40. The van der Waals surface area contributed by atoms with E-state index < -0.39 is 0 Å². The maximum absolute atomic E-state index is 4.36. The van der Waals surface area contributed by atoms with E-state index in [1.165, 1.54) is 32.4 Å². The summed E-state index contributed by atoms with van der Waals surface area (Å²) >= 11 is 0. The molecule has 0 bridgehead atoms. The molecule has 0 aliphatic carbocycles. The second kappa shape index (κ2) is 9.80. The Morgan fingerprint density at radius 2 is 1.96 bits per heavy atom. The molecule has 6 nitrogen and oxygen atoms in total. The number of guanidine groups is 1. The van der Waals surface area contributed by atoms with Crippen LogP contribution in [0.25, 0.3) is 0 Å². The van der Waals surface area contributed by atoms with E-state index in [2.05, 4.69) is 43.9 Å². The normalized spacial score (nSPS) is 16.9. The third kappa shape index (κ3) is 6.34. The minimum absolute atomic E-state index is 0.164. The first-order chi connectivity index (χ1) is 12.0. The third-order valence-electron chi connectivity index (χ3n) is 5.17. The van der Waals surface area contributed by atoms with E-state index >= 15 is 0 Å². The fraction of sp³-hybridized carbons (Fsp3) is 0.789. The molecule has 1 aliphatic heterocycles. The van der Waals surface area contributed by atoms with Gasteiger partial charge in [0.25, 0.3) is 0 Å². The standard InChI is InChI=1S/C19H36N6/c1-17-21-11-15-24(17)12-9-6-10-22-18(20-4)23-16-19(2,3)25-13-7-5-8-14-25/h11,15H,5-10,12-14,16H2,1-4H3,(H2,20,22,23). The van der Waals surface area contributed by atoms with Crippen molar-refractivity contribution in [1.82, 2.24) is 25.1 Å². The molecule has 1 saturated heterocycles. The van der Waals surface area contributed by atoms with Crippen molar-refractivity contribution < 1.29 is 0 Å². The van der Waals surface area contributed by atoms with Crippen LogP contribution in [0.4, 0.5) is 0 Å². The van der Waals surface area contributed by atoms with Crippen molar-refractivity contribution in [3.8, 4) is 0 Å². The van der Waals surface area contributed by atoms with Crippen LogP contribution in [0.5, 0.6) is 0 Å². The summed E-state index contributed by atoms with van der Waals surface area (Å²) in [6.45, 7) is 12.0. The monoisotopic (exact) mass is 348 g/mol. The molecule has 0 unspecified atom stereocenters. The average Bonchev–Trinajstić information content (AvgIpc) is 3.03. The van der Waals surface area contributed by atoms with Gasteiger partial charge in [0.1, 0.15) is 5.82 Å². The maximum Gasteiger partial charge on any atom is 0.191 e. The molecule has 2 rings (SSSR count). The van der Waals surface area contributed by atoms with Crippen LogP contribution in [-0.4, -0.2) is 59.2 Å². The molecule has 0 atom stereocenters. The summed E-state index contributed by atoms with van der Waals surface area (Å²) in [6.07, 6.45) is 10.2. The summed E-state index contributed by atoms with van der Waals surface area (Å²) < 4.78 is 2.20. The molecule has 0 amide bonds. The number of likely N-dealkylation sites (tertiary alicyclic amines) is 1. The summed E-state index contributed by atoms with van der Waals surface area (Å²) in [5, 5.41) is 6.94. The third-order valence-corrected chi connectivity index (χ3v) is 5.17. The molecule has 25 heavy (non-hydrogen) atoms. The number of rotatable bonds is 8. The van der Waals surface area contributed by atoms with E-state index in [4.69, 9.17) is 0 Å². The van der Waals surface area contributed by atoms with E-state index in [0.29, 0.717) is 0 Å². The number of hydrogen-bond acceptors (Lipinski definition) is 3. The van der Waals surface area contributed by atoms with Crippen LogP contribution in [-0.2, 0) is 6.54 Å². The second-order valence-corrected chi connectivity index (χ2v) is 7.59. The van der Waals surface area contributed by atoms with Crippen molar-refractivity contribution in [3.63, 3.8) is 0 Å². The molecule has 6 heteroatoms. The number of aromatic nitrogens is 2. The molecule has 1 aromatic rings. The first-order valence-electron chi connectivity index (χ1n) is 9.70. The summed E-state index contributed by atoms with van der Waals surface area (Å²) in [4.78, 5) is 11.2. The Labute approximate surface area is 153 Å². The SMILES string of the molecule is CN=C(NCCCCn1ccnc1C)NCC(C)(C)N1CCCCC1. The van der Waals surface area contributed by atoms with Gasteiger partial charge in [-0.05, 0) is 59.5 Å². The lowest BCUT2D eigenvalue weighted by Crippen LogP contribution is -2.54. The molecular formula is C19H36N6. The number of nitrogens with zero attached hydrogens (tertiary/aromatic N) is 4. The highest BCUT2D eigenvalue weighted by molar-refractivity contribution is 5.79. The number of nitrogens with one attached hydrogen (secondary N) is 2. The van der Waals surface area contributed by atoms with Crippen LogP contribution < -0.4 is 10.6 Å². The minimum Gasteiger partial charge on any atom is -0.356 e. The summed E-state index contributed by atoms with van der Waals surface area (Å²) in [5.41, 5.74) is 0.164. The van der Waals surface area contributed by atoms with Crippen molar-refractivity contribution in [2.45, 2.75) is 65.0 Å². The molecule has 1 aliphatic rings. The number of aryl methyl sites for hydroxylation is 2. The van der Waals surface area contributed by atoms with Crippen LogP contribution in [0.15, 0.2) is 17.4 Å². The molecular weight excluding hydrogens is 312 g/mol. The lowest BCUT2D eigenvalue weighted by atomic mass is 9.98. The van der Waals surface area contributed by atoms with Gasteiger partial charge in [0.05, 0.1) is 0 Å². The van der Waals surface area contributed by atoms with Crippen molar-refractivity contribution >= 4 is 5.96 Å². The smallest absolute Gasteiger partial charge is 0.191 e. The largest absolute Gasteiger partial charge is 0.356 e. The average molecular weight is 349 g/mol. The van der Waals surface area contributed by atoms with Gasteiger partial charge in [-0.15, -0.1) is 0 Å². The lowest BCUT2D eigenvalue weighted by molar-refractivity contribution is 0.0982. The zero-order valence-electron chi connectivity index (χ0n) is 16.5. The zero-order chi connectivity index (χ0) is 18.1. The van der Waals surface area contributed by atoms with Crippen molar-refractivity contribution in [2.24, 2.45) is 4.99 Å². The molecule has 0 radical (unpaired) electrons. The van der Waals surface area contributed by atoms with Crippen LogP contribution in [0.1, 0.15) is 51.8 Å². The van der Waals surface area contributed by atoms with Crippen LogP contribution >= 0.6 is 0 Å². The number of imidazole rings is 1. The quantitative estimate of drug-likeness (QED) is 0.430. The van der Waals surface area contributed by atoms with Crippen LogP contribution in [0.2, 0.25) is 0 Å². The first-order valence-corrected chi connectivity index (χ1v) is 9.70. The second-order valence-electron chi connectivity index (χ2n) is 7.59. The topological polar surface area (TPSA) is 57.5 Å². The van der Waals surface area contributed by atoms with Crippen molar-refractivity contribution in [2.75, 3.05) is 33.2 Å². The predicted molar refractivity (Wildman–Crippen MR) is 105 cm³/mol. The molecule has 0 aromatic carbocycles. The fourth-order valence-corrected chi connectivity index (χ4v) is 3.39. The fourth-order valence-electron chi connectivity index (χ4n) is 3.39. The zero-order valence-corrected chi connectivity index (χ0v) is 16.5. The molecule has 1 fully saturated rings. The Balaban J connectivity index is 1.63. The molecule has 142 valence electrons. The van der Waals surface area contributed by atoms with Gasteiger partial charge >= 0.3 is 0 Å². The van der Waals surface area contributed by atoms with Crippen molar-refractivity contribution in [3.05, 3.63) is 18.2 Å². The number of unbranched alkanes of at least 4 members (excludes halogenated alkanes) is 1. The molecule has 0 spiro atoms. The molecule has 0 saturated carbocycles. The number of piperidine rings is 1. The van der Waals surface area contributed by atoms with Gasteiger partial charge in [-0.25, -0.2) is 4.98 Å². The summed E-state index contributed by atoms with van der Waals surface area (Å²) in [5.74, 6) is 1.99. The minimum atomic E-state index is 0.164. The Bertz CT molecular complexity index is 528. The van der Waals surface area contributed by atoms with E-state index in [9.17, 15) is 0 Å². The van der Waals surface area contributed by atoms with Crippen molar-refractivity contribution in [1.29, 1.82) is 0 Å². The van der Waals surface area contributed by atoms with Crippen LogP contribution in [0.3, 0.4) is 0 Å². The van der Waals surface area contributed by atoms with Gasteiger partial charge in [0, 0.05) is 44.6 Å². The van der Waals surface area contributed by atoms with E-state index in [1.807, 2.05) is 26.4 Å². The van der Waals surface area contributed by atoms with E-state index in [1.54, 1.807) is 0 Å². The first kappa shape index (κ1) is 19.8. The number of hydrogen-bond donors (Lipinski definition) is 2. The number of aliphatic imine (C=N–C) groups is 1. The van der Waals surface area contributed by atoms with Gasteiger partial charge in [-0.1, -0.05) is 6.42 Å². The van der Waals surface area contributed by atoms with Gasteiger partial charge in [0.15, 0.2) is 5.96 Å². The molecule has 2 N–H and O–H groups in total. The summed E-state index contributed by atoms with van der Waals surface area (Å²) in [6, 6.07) is 0. The Kier molecular flexibility index (Phi) is 7.75. The Morgan fingerprint density at radius 1 is 1.20 bits per heavy atom. The van der Waals surface area contributed by atoms with Crippen LogP contribution in [0, 0.1) is 6.92 Å². The molecule has 1 aromatic heterocycles. The van der Waals surface area contributed by atoms with Gasteiger partial charge in [0.2, 0.25) is 0 Å².